The number of benzene rings is 5. The van der Waals surface area contributed by atoms with Gasteiger partial charge in [0.2, 0.25) is 0 Å². The summed E-state index contributed by atoms with van der Waals surface area (Å²) < 4.78 is 6.75. The summed E-state index contributed by atoms with van der Waals surface area (Å²) in [4.78, 5) is 2.49. The maximum Gasteiger partial charge on any atom is 0.256 e. The summed E-state index contributed by atoms with van der Waals surface area (Å²) in [7, 11) is 0. The number of fused-ring (bicyclic) bond motifs is 4. The molecule has 0 bridgehead atoms. The van der Waals surface area contributed by atoms with Crippen LogP contribution in [-0.4, -0.2) is 6.71 Å². The molecule has 5 aromatic rings. The summed E-state index contributed by atoms with van der Waals surface area (Å²) in [6.45, 7) is 13.4. The average Bonchev–Trinajstić information content (AvgIpc) is 2.87. The molecule has 2 heterocycles. The van der Waals surface area contributed by atoms with Crippen LogP contribution >= 0.6 is 0 Å². The molecule has 2 aliphatic heterocycles. The minimum atomic E-state index is 0.115. The molecule has 0 saturated heterocycles. The lowest BCUT2D eigenvalue weighted by Gasteiger charge is -2.41. The number of hydrogen-bond donors (Lipinski definition) is 0. The molecule has 0 radical (unpaired) electrons. The normalized spacial score (nSPS) is 13.0. The van der Waals surface area contributed by atoms with Crippen LogP contribution in [0.3, 0.4) is 0 Å². The quantitative estimate of drug-likeness (QED) is 0.224. The summed E-state index contributed by atoms with van der Waals surface area (Å²) >= 11 is 0. The van der Waals surface area contributed by atoms with Crippen molar-refractivity contribution in [2.45, 2.75) is 41.5 Å². The average molecular weight is 505 g/mol. The SMILES string of the molecule is Cc1cc(C)cc(N2c3cc(C)cc(C)c3B3c4ccccc4Oc4cc(-c5c(C)cccc5C)cc2c43)c1. The van der Waals surface area contributed by atoms with Crippen LogP contribution in [-0.2, 0) is 0 Å². The van der Waals surface area contributed by atoms with Crippen LogP contribution in [0, 0.1) is 41.5 Å². The first-order chi connectivity index (χ1) is 18.8. The number of rotatable bonds is 2. The fourth-order valence-corrected chi connectivity index (χ4v) is 6.98. The summed E-state index contributed by atoms with van der Waals surface area (Å²) in [6, 6.07) is 31.3. The van der Waals surface area contributed by atoms with E-state index >= 15 is 0 Å². The van der Waals surface area contributed by atoms with Crippen molar-refractivity contribution in [1.29, 1.82) is 0 Å². The highest BCUT2D eigenvalue weighted by Crippen LogP contribution is 2.44. The van der Waals surface area contributed by atoms with Crippen molar-refractivity contribution in [3.63, 3.8) is 0 Å². The van der Waals surface area contributed by atoms with E-state index in [1.54, 1.807) is 0 Å². The van der Waals surface area contributed by atoms with E-state index < -0.39 is 0 Å². The smallest absolute Gasteiger partial charge is 0.256 e. The summed E-state index contributed by atoms with van der Waals surface area (Å²) in [5.74, 6) is 1.90. The van der Waals surface area contributed by atoms with Gasteiger partial charge in [-0.2, -0.15) is 0 Å². The van der Waals surface area contributed by atoms with E-state index in [4.69, 9.17) is 4.74 Å². The lowest BCUT2D eigenvalue weighted by molar-refractivity contribution is 0.487. The van der Waals surface area contributed by atoms with Gasteiger partial charge in [-0.15, -0.1) is 0 Å². The number of hydrogen-bond acceptors (Lipinski definition) is 2. The molecule has 0 N–H and O–H groups in total. The van der Waals surface area contributed by atoms with Crippen molar-refractivity contribution < 1.29 is 4.74 Å². The molecular weight excluding hydrogens is 473 g/mol. The second-order valence-corrected chi connectivity index (χ2v) is 11.4. The van der Waals surface area contributed by atoms with Crippen molar-refractivity contribution >= 4 is 40.2 Å². The Hall–Kier alpha value is -4.24. The lowest BCUT2D eigenvalue weighted by atomic mass is 9.33. The predicted octanol–water partition coefficient (Wildman–Crippen LogP) is 7.61. The zero-order chi connectivity index (χ0) is 27.0. The van der Waals surface area contributed by atoms with Gasteiger partial charge in [-0.05, 0) is 133 Å². The van der Waals surface area contributed by atoms with Crippen LogP contribution in [0.4, 0.5) is 17.1 Å². The maximum absolute atomic E-state index is 6.75. The molecule has 0 spiro atoms. The number of nitrogens with zero attached hydrogens (tertiary/aromatic N) is 1. The van der Waals surface area contributed by atoms with Crippen LogP contribution in [0.1, 0.15) is 33.4 Å². The first-order valence-corrected chi connectivity index (χ1v) is 13.8. The Kier molecular flexibility index (Phi) is 5.28. The largest absolute Gasteiger partial charge is 0.458 e. The van der Waals surface area contributed by atoms with Crippen molar-refractivity contribution in [2.24, 2.45) is 0 Å². The Labute approximate surface area is 232 Å². The van der Waals surface area contributed by atoms with Gasteiger partial charge in [-0.3, -0.25) is 0 Å². The second kappa shape index (κ2) is 8.64. The van der Waals surface area contributed by atoms with Crippen molar-refractivity contribution in [3.8, 4) is 22.6 Å². The Morgan fingerprint density at radius 3 is 1.97 bits per heavy atom. The van der Waals surface area contributed by atoms with Crippen LogP contribution in [0.5, 0.6) is 11.5 Å². The van der Waals surface area contributed by atoms with Gasteiger partial charge < -0.3 is 9.64 Å². The van der Waals surface area contributed by atoms with E-state index in [9.17, 15) is 0 Å². The van der Waals surface area contributed by atoms with Crippen LogP contribution in [0.2, 0.25) is 0 Å². The standard InChI is InChI=1S/C36H32BNO/c1-21-14-22(2)17-28(16-21)38-30-18-23(3)15-26(6)35(30)37-29-12-7-8-13-32(29)39-33-20-27(19-31(38)36(33)37)34-24(4)10-9-11-25(34)5/h7-20H,1-6H3. The van der Waals surface area contributed by atoms with Crippen LogP contribution < -0.4 is 26.0 Å². The third-order valence-electron chi connectivity index (χ3n) is 8.37. The molecule has 0 aliphatic carbocycles. The molecular formula is C36H32BNO. The summed E-state index contributed by atoms with van der Waals surface area (Å²) in [5, 5.41) is 0. The predicted molar refractivity (Wildman–Crippen MR) is 166 cm³/mol. The maximum atomic E-state index is 6.75. The van der Waals surface area contributed by atoms with E-state index in [1.807, 2.05) is 0 Å². The zero-order valence-electron chi connectivity index (χ0n) is 23.5. The van der Waals surface area contributed by atoms with E-state index in [0.29, 0.717) is 0 Å². The van der Waals surface area contributed by atoms with E-state index in [2.05, 4.69) is 131 Å². The molecule has 5 aromatic carbocycles. The van der Waals surface area contributed by atoms with E-state index in [-0.39, 0.29) is 6.71 Å². The molecule has 0 fully saturated rings. The lowest BCUT2D eigenvalue weighted by Crippen LogP contribution is -2.60. The number of para-hydroxylation sites is 1. The Bertz CT molecular complexity index is 1780. The van der Waals surface area contributed by atoms with Gasteiger partial charge in [-0.25, -0.2) is 0 Å². The van der Waals surface area contributed by atoms with Crippen molar-refractivity contribution in [1.82, 2.24) is 0 Å². The zero-order valence-corrected chi connectivity index (χ0v) is 23.5. The molecule has 0 aromatic heterocycles. The molecule has 2 nitrogen and oxygen atoms in total. The van der Waals surface area contributed by atoms with Gasteiger partial charge in [0.15, 0.2) is 0 Å². The van der Waals surface area contributed by atoms with E-state index in [0.717, 1.165) is 11.5 Å². The molecule has 0 unspecified atom stereocenters. The first-order valence-electron chi connectivity index (χ1n) is 13.8. The Balaban J connectivity index is 1.62. The van der Waals surface area contributed by atoms with Gasteiger partial charge in [0.25, 0.3) is 6.71 Å². The van der Waals surface area contributed by atoms with Crippen LogP contribution in [0.15, 0.2) is 84.9 Å². The van der Waals surface area contributed by atoms with Crippen LogP contribution in [0.25, 0.3) is 11.1 Å². The molecule has 0 amide bonds. The number of ether oxygens (including phenoxy) is 1. The molecule has 0 atom stereocenters. The highest BCUT2D eigenvalue weighted by molar-refractivity contribution is 6.99. The van der Waals surface area contributed by atoms with Gasteiger partial charge in [0.05, 0.1) is 0 Å². The van der Waals surface area contributed by atoms with Gasteiger partial charge in [-0.1, -0.05) is 54.1 Å². The fraction of sp³-hybridized carbons (Fsp3) is 0.167. The monoisotopic (exact) mass is 505 g/mol. The van der Waals surface area contributed by atoms with Crippen molar-refractivity contribution in [2.75, 3.05) is 4.90 Å². The van der Waals surface area contributed by atoms with Crippen molar-refractivity contribution in [3.05, 3.63) is 118 Å². The highest BCUT2D eigenvalue weighted by Gasteiger charge is 2.43. The first kappa shape index (κ1) is 23.9. The molecule has 39 heavy (non-hydrogen) atoms. The fourth-order valence-electron chi connectivity index (χ4n) is 6.98. The summed E-state index contributed by atoms with van der Waals surface area (Å²) in [5.41, 5.74) is 17.6. The number of anilines is 3. The van der Waals surface area contributed by atoms with Gasteiger partial charge >= 0.3 is 0 Å². The Morgan fingerprint density at radius 2 is 1.23 bits per heavy atom. The molecule has 190 valence electrons. The van der Waals surface area contributed by atoms with Gasteiger partial charge in [0, 0.05) is 17.1 Å². The minimum absolute atomic E-state index is 0.115. The third kappa shape index (κ3) is 3.64. The van der Waals surface area contributed by atoms with E-state index in [1.165, 1.54) is 78.0 Å². The molecule has 0 saturated carbocycles. The Morgan fingerprint density at radius 1 is 0.564 bits per heavy atom. The third-order valence-corrected chi connectivity index (χ3v) is 8.37. The topological polar surface area (TPSA) is 12.5 Å². The molecule has 2 aliphatic rings. The minimum Gasteiger partial charge on any atom is -0.458 e. The number of aryl methyl sites for hydroxylation is 6. The molecule has 7 rings (SSSR count). The van der Waals surface area contributed by atoms with Gasteiger partial charge in [0.1, 0.15) is 11.5 Å². The summed E-state index contributed by atoms with van der Waals surface area (Å²) in [6.07, 6.45) is 0. The highest BCUT2D eigenvalue weighted by atomic mass is 16.5. The molecule has 3 heteroatoms. The second-order valence-electron chi connectivity index (χ2n) is 11.4.